The van der Waals surface area contributed by atoms with Crippen LogP contribution in [0.25, 0.3) is 0 Å². The highest BCUT2D eigenvalue weighted by Crippen LogP contribution is 2.31. The molecule has 2 fully saturated rings. The van der Waals surface area contributed by atoms with E-state index in [1.807, 2.05) is 6.07 Å². The number of anilines is 2. The molecule has 3 amide bonds. The molecule has 26 heavy (non-hydrogen) atoms. The predicted octanol–water partition coefficient (Wildman–Crippen LogP) is -0.451. The van der Waals surface area contributed by atoms with Gasteiger partial charge in [0.25, 0.3) is 0 Å². The Morgan fingerprint density at radius 3 is 2.38 bits per heavy atom. The molecule has 0 bridgehead atoms. The molecule has 4 rings (SSSR count). The first-order chi connectivity index (χ1) is 12.4. The lowest BCUT2D eigenvalue weighted by Crippen LogP contribution is -2.55. The maximum atomic E-state index is 12.6. The van der Waals surface area contributed by atoms with E-state index in [1.165, 1.54) is 0 Å². The number of nitrogens with one attached hydrogen (secondary N) is 1. The molecule has 0 unspecified atom stereocenters. The fourth-order valence-electron chi connectivity index (χ4n) is 3.64. The molecule has 0 saturated carbocycles. The zero-order valence-corrected chi connectivity index (χ0v) is 15.2. The van der Waals surface area contributed by atoms with Gasteiger partial charge in [0.05, 0.1) is 17.9 Å². The van der Waals surface area contributed by atoms with Crippen LogP contribution in [0.3, 0.4) is 0 Å². The van der Waals surface area contributed by atoms with Crippen molar-refractivity contribution < 1.29 is 18.0 Å². The Morgan fingerprint density at radius 1 is 1.04 bits per heavy atom. The Bertz CT molecular complexity index is 834. The molecule has 0 atom stereocenters. The van der Waals surface area contributed by atoms with Crippen molar-refractivity contribution in [3.05, 3.63) is 17.8 Å². The van der Waals surface area contributed by atoms with Crippen molar-refractivity contribution in [2.45, 2.75) is 6.42 Å². The maximum absolute atomic E-state index is 12.6. The van der Waals surface area contributed by atoms with E-state index in [-0.39, 0.29) is 36.5 Å². The van der Waals surface area contributed by atoms with Gasteiger partial charge in [-0.25, -0.2) is 18.2 Å². The summed E-state index contributed by atoms with van der Waals surface area (Å²) >= 11 is 0. The first-order valence-corrected chi connectivity index (χ1v) is 10.5. The van der Waals surface area contributed by atoms with Crippen molar-refractivity contribution in [2.75, 3.05) is 61.0 Å². The number of amides is 3. The van der Waals surface area contributed by atoms with Crippen LogP contribution >= 0.6 is 0 Å². The molecule has 3 aliphatic rings. The topological polar surface area (TPSA) is 103 Å². The van der Waals surface area contributed by atoms with E-state index in [0.717, 1.165) is 11.3 Å². The fourth-order valence-corrected chi connectivity index (χ4v) is 4.84. The SMILES string of the molecule is O=C1Cc2c(N3CCN(C(=O)N4CCS(=O)(=O)CC4)CC3)ccnc2N1. The zero-order chi connectivity index (χ0) is 18.3. The van der Waals surface area contributed by atoms with Crippen molar-refractivity contribution >= 4 is 33.3 Å². The average Bonchev–Trinajstić information content (AvgIpc) is 3.01. The number of hydrogen-bond acceptors (Lipinski definition) is 6. The van der Waals surface area contributed by atoms with Gasteiger partial charge in [0.1, 0.15) is 5.82 Å². The summed E-state index contributed by atoms with van der Waals surface area (Å²) in [5, 5.41) is 2.76. The van der Waals surface area contributed by atoms with Crippen molar-refractivity contribution in [2.24, 2.45) is 0 Å². The second-order valence-electron chi connectivity index (χ2n) is 6.78. The minimum Gasteiger partial charge on any atom is -0.368 e. The van der Waals surface area contributed by atoms with Crippen molar-refractivity contribution in [1.82, 2.24) is 14.8 Å². The summed E-state index contributed by atoms with van der Waals surface area (Å²) in [6.45, 7) is 3.02. The summed E-state index contributed by atoms with van der Waals surface area (Å²) in [4.78, 5) is 34.0. The van der Waals surface area contributed by atoms with Crippen LogP contribution in [0.4, 0.5) is 16.3 Å². The third-order valence-electron chi connectivity index (χ3n) is 5.13. The smallest absolute Gasteiger partial charge is 0.320 e. The van der Waals surface area contributed by atoms with Crippen molar-refractivity contribution in [3.63, 3.8) is 0 Å². The number of hydrogen-bond donors (Lipinski definition) is 1. The Kier molecular flexibility index (Phi) is 4.22. The molecule has 1 aromatic rings. The predicted molar refractivity (Wildman–Crippen MR) is 96.0 cm³/mol. The number of piperazine rings is 1. The largest absolute Gasteiger partial charge is 0.368 e. The van der Waals surface area contributed by atoms with Crippen molar-refractivity contribution in [1.29, 1.82) is 0 Å². The average molecular weight is 379 g/mol. The normalized spacial score (nSPS) is 22.2. The number of rotatable bonds is 1. The van der Waals surface area contributed by atoms with Gasteiger partial charge in [-0.1, -0.05) is 0 Å². The first-order valence-electron chi connectivity index (χ1n) is 8.70. The van der Waals surface area contributed by atoms with Gasteiger partial charge >= 0.3 is 6.03 Å². The van der Waals surface area contributed by atoms with Crippen LogP contribution in [0, 0.1) is 0 Å². The van der Waals surface area contributed by atoms with Gasteiger partial charge in [-0.2, -0.15) is 0 Å². The molecule has 3 aliphatic heterocycles. The molecule has 4 heterocycles. The standard InChI is InChI=1S/C16H21N5O4S/c22-14-11-12-13(1-2-17-15(12)18-14)19-3-5-20(6-4-19)16(23)21-7-9-26(24,25)10-8-21/h1-2H,3-11H2,(H,17,18,22). The molecular formula is C16H21N5O4S. The van der Waals surface area contributed by atoms with Crippen LogP contribution in [0.15, 0.2) is 12.3 Å². The highest BCUT2D eigenvalue weighted by atomic mass is 32.2. The summed E-state index contributed by atoms with van der Waals surface area (Å²) in [5.74, 6) is 0.667. The van der Waals surface area contributed by atoms with E-state index in [0.29, 0.717) is 38.4 Å². The fraction of sp³-hybridized carbons (Fsp3) is 0.562. The summed E-state index contributed by atoms with van der Waals surface area (Å²) < 4.78 is 23.0. The van der Waals surface area contributed by atoms with Crippen LogP contribution in [0.2, 0.25) is 0 Å². The van der Waals surface area contributed by atoms with Gasteiger partial charge in [-0.3, -0.25) is 4.79 Å². The van der Waals surface area contributed by atoms with Crippen LogP contribution in [0.1, 0.15) is 5.56 Å². The lowest BCUT2D eigenvalue weighted by Gasteiger charge is -2.39. The second-order valence-corrected chi connectivity index (χ2v) is 9.08. The number of carbonyl (C=O) groups excluding carboxylic acids is 2. The Labute approximate surface area is 151 Å². The molecule has 9 nitrogen and oxygen atoms in total. The molecule has 0 radical (unpaired) electrons. The Hall–Kier alpha value is -2.36. The van der Waals surface area contributed by atoms with E-state index in [9.17, 15) is 18.0 Å². The molecular weight excluding hydrogens is 358 g/mol. The van der Waals surface area contributed by atoms with Crippen LogP contribution in [-0.4, -0.2) is 85.9 Å². The number of fused-ring (bicyclic) bond motifs is 1. The number of urea groups is 1. The molecule has 10 heteroatoms. The monoisotopic (exact) mass is 379 g/mol. The van der Waals surface area contributed by atoms with Gasteiger partial charge in [0, 0.05) is 56.7 Å². The number of nitrogens with zero attached hydrogens (tertiary/aromatic N) is 4. The molecule has 0 aromatic carbocycles. The van der Waals surface area contributed by atoms with Crippen LogP contribution in [0.5, 0.6) is 0 Å². The van der Waals surface area contributed by atoms with E-state index < -0.39 is 9.84 Å². The van der Waals surface area contributed by atoms with Gasteiger partial charge < -0.3 is 20.0 Å². The van der Waals surface area contributed by atoms with E-state index in [2.05, 4.69) is 15.2 Å². The highest BCUT2D eigenvalue weighted by molar-refractivity contribution is 7.91. The van der Waals surface area contributed by atoms with Crippen molar-refractivity contribution in [3.8, 4) is 0 Å². The summed E-state index contributed by atoms with van der Waals surface area (Å²) in [7, 11) is -3.00. The number of sulfone groups is 1. The quantitative estimate of drug-likeness (QED) is 0.709. The van der Waals surface area contributed by atoms with Crippen LogP contribution in [-0.2, 0) is 21.1 Å². The molecule has 140 valence electrons. The Morgan fingerprint density at radius 2 is 1.69 bits per heavy atom. The minimum absolute atomic E-state index is 0.0445. The van der Waals surface area contributed by atoms with Gasteiger partial charge in [-0.05, 0) is 6.07 Å². The third-order valence-corrected chi connectivity index (χ3v) is 6.74. The molecule has 0 aliphatic carbocycles. The van der Waals surface area contributed by atoms with Crippen LogP contribution < -0.4 is 10.2 Å². The van der Waals surface area contributed by atoms with Gasteiger partial charge in [0.2, 0.25) is 5.91 Å². The Balaban J connectivity index is 1.39. The summed E-state index contributed by atoms with van der Waals surface area (Å²) in [5.41, 5.74) is 1.91. The summed E-state index contributed by atoms with van der Waals surface area (Å²) in [6, 6.07) is 1.82. The number of pyridine rings is 1. The molecule has 1 aromatic heterocycles. The second kappa shape index (κ2) is 6.42. The number of carbonyl (C=O) groups is 2. The number of aromatic nitrogens is 1. The molecule has 2 saturated heterocycles. The molecule has 0 spiro atoms. The first kappa shape index (κ1) is 17.1. The lowest BCUT2D eigenvalue weighted by atomic mass is 10.1. The van der Waals surface area contributed by atoms with E-state index in [4.69, 9.17) is 0 Å². The molecule has 1 N–H and O–H groups in total. The van der Waals surface area contributed by atoms with Gasteiger partial charge in [-0.15, -0.1) is 0 Å². The highest BCUT2D eigenvalue weighted by Gasteiger charge is 2.31. The third kappa shape index (κ3) is 3.20. The zero-order valence-electron chi connectivity index (χ0n) is 14.3. The van der Waals surface area contributed by atoms with Gasteiger partial charge in [0.15, 0.2) is 9.84 Å². The van der Waals surface area contributed by atoms with E-state index >= 15 is 0 Å². The minimum atomic E-state index is -3.00. The van der Waals surface area contributed by atoms with E-state index in [1.54, 1.807) is 16.0 Å². The maximum Gasteiger partial charge on any atom is 0.320 e. The lowest BCUT2D eigenvalue weighted by molar-refractivity contribution is -0.115. The summed E-state index contributed by atoms with van der Waals surface area (Å²) in [6.07, 6.45) is 2.02.